The van der Waals surface area contributed by atoms with Crippen molar-refractivity contribution in [1.82, 2.24) is 14.8 Å². The normalized spacial score (nSPS) is 10.5. The van der Waals surface area contributed by atoms with E-state index in [1.807, 2.05) is 6.92 Å². The monoisotopic (exact) mass is 260 g/mol. The van der Waals surface area contributed by atoms with Crippen LogP contribution in [0.2, 0.25) is 0 Å². The minimum absolute atomic E-state index is 0.145. The van der Waals surface area contributed by atoms with Crippen LogP contribution in [0, 0.1) is 0 Å². The van der Waals surface area contributed by atoms with Gasteiger partial charge in [0.2, 0.25) is 5.78 Å². The van der Waals surface area contributed by atoms with E-state index in [9.17, 15) is 4.79 Å². The fourth-order valence-electron chi connectivity index (χ4n) is 1.85. The molecule has 19 heavy (non-hydrogen) atoms. The van der Waals surface area contributed by atoms with Gasteiger partial charge in [-0.1, -0.05) is 0 Å². The van der Waals surface area contributed by atoms with Gasteiger partial charge in [-0.25, -0.2) is 0 Å². The van der Waals surface area contributed by atoms with Crippen molar-refractivity contribution in [2.45, 2.75) is 20.0 Å². The zero-order chi connectivity index (χ0) is 13.8. The first-order valence-electron chi connectivity index (χ1n) is 6.00. The number of methoxy groups -OCH3 is 1. The number of hydrogen-bond donors (Lipinski definition) is 1. The average Bonchev–Trinajstić information content (AvgIpc) is 2.89. The maximum atomic E-state index is 12.5. The van der Waals surface area contributed by atoms with Gasteiger partial charge in [-0.05, 0) is 19.1 Å². The summed E-state index contributed by atoms with van der Waals surface area (Å²) in [5.74, 6) is 0.325. The summed E-state index contributed by atoms with van der Waals surface area (Å²) in [7, 11) is 1.52. The molecule has 6 heteroatoms. The average molecular weight is 260 g/mol. The number of nitrogens with two attached hydrogens (primary N) is 1. The molecular weight excluding hydrogens is 244 g/mol. The first-order chi connectivity index (χ1) is 9.21. The Hall–Kier alpha value is -2.21. The van der Waals surface area contributed by atoms with Gasteiger partial charge in [-0.2, -0.15) is 5.10 Å². The van der Waals surface area contributed by atoms with E-state index in [0.29, 0.717) is 35.8 Å². The summed E-state index contributed by atoms with van der Waals surface area (Å²) in [6, 6.07) is 3.35. The Morgan fingerprint density at radius 2 is 2.32 bits per heavy atom. The lowest BCUT2D eigenvalue weighted by Crippen LogP contribution is -2.12. The van der Waals surface area contributed by atoms with Crippen LogP contribution in [-0.4, -0.2) is 27.7 Å². The van der Waals surface area contributed by atoms with Crippen LogP contribution in [0.3, 0.4) is 0 Å². The maximum absolute atomic E-state index is 12.5. The summed E-state index contributed by atoms with van der Waals surface area (Å²) in [5.41, 5.74) is 7.18. The predicted octanol–water partition coefficient (Wildman–Crippen LogP) is 0.996. The molecule has 0 spiro atoms. The van der Waals surface area contributed by atoms with Crippen molar-refractivity contribution in [3.8, 4) is 5.75 Å². The summed E-state index contributed by atoms with van der Waals surface area (Å²) in [4.78, 5) is 16.6. The van der Waals surface area contributed by atoms with Gasteiger partial charge < -0.3 is 10.5 Å². The molecule has 2 rings (SSSR count). The van der Waals surface area contributed by atoms with E-state index in [4.69, 9.17) is 10.5 Å². The Morgan fingerprint density at radius 1 is 1.53 bits per heavy atom. The molecule has 0 aliphatic heterocycles. The van der Waals surface area contributed by atoms with Crippen LogP contribution in [0.25, 0.3) is 0 Å². The third-order valence-corrected chi connectivity index (χ3v) is 2.83. The number of aromatic nitrogens is 3. The van der Waals surface area contributed by atoms with Gasteiger partial charge in [0.25, 0.3) is 0 Å². The number of hydrogen-bond acceptors (Lipinski definition) is 5. The smallest absolute Gasteiger partial charge is 0.214 e. The molecule has 2 aromatic heterocycles. The van der Waals surface area contributed by atoms with Crippen molar-refractivity contribution in [2.24, 2.45) is 5.73 Å². The van der Waals surface area contributed by atoms with Gasteiger partial charge in [0.15, 0.2) is 11.4 Å². The Kier molecular flexibility index (Phi) is 3.91. The molecule has 0 atom stereocenters. The number of ketones is 1. The lowest BCUT2D eigenvalue weighted by atomic mass is 10.1. The summed E-state index contributed by atoms with van der Waals surface area (Å²) in [6.07, 6.45) is 3.12. The number of carbonyl (C=O) groups is 1. The molecule has 0 aromatic carbocycles. The molecule has 2 heterocycles. The topological polar surface area (TPSA) is 83.0 Å². The molecule has 0 fully saturated rings. The van der Waals surface area contributed by atoms with E-state index in [0.717, 1.165) is 0 Å². The van der Waals surface area contributed by atoms with Crippen LogP contribution < -0.4 is 10.5 Å². The molecule has 2 N–H and O–H groups in total. The van der Waals surface area contributed by atoms with Crippen LogP contribution in [0.1, 0.15) is 28.7 Å². The van der Waals surface area contributed by atoms with Crippen LogP contribution in [0.4, 0.5) is 0 Å². The number of nitrogens with zero attached hydrogens (tertiary/aromatic N) is 3. The molecule has 100 valence electrons. The SMILES string of the molecule is CCn1ncc(OC)c1C(=O)c1ccnc(CN)c1. The van der Waals surface area contributed by atoms with Crippen molar-refractivity contribution in [2.75, 3.05) is 7.11 Å². The summed E-state index contributed by atoms with van der Waals surface area (Å²) >= 11 is 0. The fourth-order valence-corrected chi connectivity index (χ4v) is 1.85. The number of ether oxygens (including phenoxy) is 1. The fraction of sp³-hybridized carbons (Fsp3) is 0.308. The second-order valence-corrected chi connectivity index (χ2v) is 3.95. The number of aryl methyl sites for hydroxylation is 1. The number of pyridine rings is 1. The van der Waals surface area contributed by atoms with E-state index in [1.54, 1.807) is 29.2 Å². The number of carbonyl (C=O) groups excluding carboxylic acids is 1. The van der Waals surface area contributed by atoms with Crippen molar-refractivity contribution >= 4 is 5.78 Å². The van der Waals surface area contributed by atoms with Crippen molar-refractivity contribution in [3.63, 3.8) is 0 Å². The molecule has 0 bridgehead atoms. The molecule has 0 aliphatic carbocycles. The minimum Gasteiger partial charge on any atom is -0.493 e. The van der Waals surface area contributed by atoms with E-state index in [-0.39, 0.29) is 5.78 Å². The second kappa shape index (κ2) is 5.62. The first kappa shape index (κ1) is 13.2. The zero-order valence-electron chi connectivity index (χ0n) is 11.0. The molecule has 0 saturated heterocycles. The highest BCUT2D eigenvalue weighted by molar-refractivity contribution is 6.09. The highest BCUT2D eigenvalue weighted by Gasteiger charge is 2.20. The van der Waals surface area contributed by atoms with E-state index in [1.165, 1.54) is 7.11 Å². The van der Waals surface area contributed by atoms with Crippen LogP contribution >= 0.6 is 0 Å². The zero-order valence-corrected chi connectivity index (χ0v) is 11.0. The van der Waals surface area contributed by atoms with E-state index in [2.05, 4.69) is 10.1 Å². The standard InChI is InChI=1S/C13H16N4O2/c1-3-17-12(11(19-2)8-16-17)13(18)9-4-5-15-10(6-9)7-14/h4-6,8H,3,7,14H2,1-2H3. The van der Waals surface area contributed by atoms with Gasteiger partial charge in [0.05, 0.1) is 19.0 Å². The lowest BCUT2D eigenvalue weighted by Gasteiger charge is -2.07. The molecule has 6 nitrogen and oxygen atoms in total. The van der Waals surface area contributed by atoms with Crippen LogP contribution in [0.5, 0.6) is 5.75 Å². The third-order valence-electron chi connectivity index (χ3n) is 2.83. The lowest BCUT2D eigenvalue weighted by molar-refractivity contribution is 0.102. The van der Waals surface area contributed by atoms with Gasteiger partial charge in [-0.15, -0.1) is 0 Å². The van der Waals surface area contributed by atoms with Crippen LogP contribution in [-0.2, 0) is 13.1 Å². The predicted molar refractivity (Wildman–Crippen MR) is 70.0 cm³/mol. The largest absolute Gasteiger partial charge is 0.493 e. The molecule has 0 radical (unpaired) electrons. The Balaban J connectivity index is 2.45. The quantitative estimate of drug-likeness (QED) is 0.811. The molecule has 0 amide bonds. The summed E-state index contributed by atoms with van der Waals surface area (Å²) < 4.78 is 6.80. The Morgan fingerprint density at radius 3 is 2.95 bits per heavy atom. The van der Waals surface area contributed by atoms with Crippen molar-refractivity contribution in [3.05, 3.63) is 41.5 Å². The Bertz CT molecular complexity index is 571. The highest BCUT2D eigenvalue weighted by atomic mass is 16.5. The van der Waals surface area contributed by atoms with Gasteiger partial charge in [0, 0.05) is 24.8 Å². The minimum atomic E-state index is -0.145. The van der Waals surface area contributed by atoms with Crippen molar-refractivity contribution < 1.29 is 9.53 Å². The van der Waals surface area contributed by atoms with Gasteiger partial charge in [0.1, 0.15) is 0 Å². The van der Waals surface area contributed by atoms with E-state index >= 15 is 0 Å². The molecular formula is C13H16N4O2. The molecule has 0 unspecified atom stereocenters. The molecule has 0 saturated carbocycles. The van der Waals surface area contributed by atoms with Crippen molar-refractivity contribution in [1.29, 1.82) is 0 Å². The first-order valence-corrected chi connectivity index (χ1v) is 6.00. The summed E-state index contributed by atoms with van der Waals surface area (Å²) in [6.45, 7) is 2.81. The maximum Gasteiger partial charge on any atom is 0.214 e. The third kappa shape index (κ3) is 2.48. The van der Waals surface area contributed by atoms with Crippen LogP contribution in [0.15, 0.2) is 24.5 Å². The summed E-state index contributed by atoms with van der Waals surface area (Å²) in [5, 5.41) is 4.13. The number of rotatable bonds is 5. The Labute approximate surface area is 111 Å². The van der Waals surface area contributed by atoms with Gasteiger partial charge in [-0.3, -0.25) is 14.5 Å². The van der Waals surface area contributed by atoms with Gasteiger partial charge >= 0.3 is 0 Å². The second-order valence-electron chi connectivity index (χ2n) is 3.95. The highest BCUT2D eigenvalue weighted by Crippen LogP contribution is 2.21. The molecule has 2 aromatic rings. The molecule has 0 aliphatic rings. The van der Waals surface area contributed by atoms with E-state index < -0.39 is 0 Å².